The molecule has 0 saturated carbocycles. The van der Waals surface area contributed by atoms with Gasteiger partial charge in [0.2, 0.25) is 0 Å². The van der Waals surface area contributed by atoms with E-state index in [4.69, 9.17) is 34.1 Å². The van der Waals surface area contributed by atoms with Gasteiger partial charge in [0, 0.05) is 12.4 Å². The first-order chi connectivity index (χ1) is 11.6. The van der Waals surface area contributed by atoms with Gasteiger partial charge in [0.25, 0.3) is 0 Å². The third-order valence-corrected chi connectivity index (χ3v) is 3.35. The Labute approximate surface area is 148 Å². The Bertz CT molecular complexity index is 799. The number of aromatic nitrogens is 2. The van der Waals surface area contributed by atoms with Gasteiger partial charge in [0.15, 0.2) is 0 Å². The molecule has 24 heavy (non-hydrogen) atoms. The Balaban J connectivity index is 1.78. The maximum absolute atomic E-state index is 11.7. The second kappa shape index (κ2) is 8.90. The van der Waals surface area contributed by atoms with E-state index in [1.54, 1.807) is 48.8 Å². The summed E-state index contributed by atoms with van der Waals surface area (Å²) in [6.45, 7) is 0. The van der Waals surface area contributed by atoms with E-state index >= 15 is 0 Å². The number of carbonyl (C=O) groups is 2. The van der Waals surface area contributed by atoms with Crippen molar-refractivity contribution in [1.82, 2.24) is 9.46 Å². The van der Waals surface area contributed by atoms with Crippen LogP contribution in [0.5, 0.6) is 0 Å². The molecule has 2 aromatic rings. The zero-order valence-corrected chi connectivity index (χ0v) is 14.2. The van der Waals surface area contributed by atoms with Crippen molar-refractivity contribution < 1.29 is 19.3 Å². The third kappa shape index (κ3) is 5.56. The van der Waals surface area contributed by atoms with Crippen molar-refractivity contribution in [3.8, 4) is 0 Å². The molecule has 0 atom stereocenters. The summed E-state index contributed by atoms with van der Waals surface area (Å²) in [7, 11) is 0. The Morgan fingerprint density at radius 2 is 1.25 bits per heavy atom. The van der Waals surface area contributed by atoms with Gasteiger partial charge < -0.3 is 9.68 Å². The average Bonchev–Trinajstić information content (AvgIpc) is 2.56. The minimum atomic E-state index is -0.493. The lowest BCUT2D eigenvalue weighted by molar-refractivity contribution is -0.144. The van der Waals surface area contributed by atoms with E-state index in [0.717, 1.165) is 0 Å². The normalized spacial score (nSPS) is 10.5. The lowest BCUT2D eigenvalue weighted by Gasteiger charge is -2.05. The van der Waals surface area contributed by atoms with Crippen molar-refractivity contribution in [2.45, 2.75) is 12.8 Å². The van der Waals surface area contributed by atoms with Crippen LogP contribution in [0.1, 0.15) is 12.8 Å². The molecule has 2 rings (SSSR count). The van der Waals surface area contributed by atoms with Crippen molar-refractivity contribution in [3.05, 3.63) is 70.2 Å². The number of hydrogen-bond donors (Lipinski definition) is 0. The summed E-state index contributed by atoms with van der Waals surface area (Å²) >= 11 is 10.0. The van der Waals surface area contributed by atoms with Gasteiger partial charge in [-0.25, -0.2) is 9.59 Å². The summed E-state index contributed by atoms with van der Waals surface area (Å²) < 4.78 is 3.18. The van der Waals surface area contributed by atoms with Crippen LogP contribution < -0.4 is 9.68 Å². The Kier molecular flexibility index (Phi) is 6.59. The van der Waals surface area contributed by atoms with Crippen LogP contribution in [0.15, 0.2) is 60.9 Å². The summed E-state index contributed by atoms with van der Waals surface area (Å²) in [5.74, 6) is -0.987. The minimum absolute atomic E-state index is 0.00865. The van der Waals surface area contributed by atoms with Crippen LogP contribution in [0.4, 0.5) is 0 Å². The highest BCUT2D eigenvalue weighted by molar-refractivity contribution is 7.71. The molecule has 8 heteroatoms. The third-order valence-electron chi connectivity index (χ3n) is 2.71. The first kappa shape index (κ1) is 17.8. The molecule has 0 unspecified atom stereocenters. The standard InChI is InChI=1S/C16H14N2O4S2/c19-15(21-17-11-5-3-7-13(17)23)9-1-2-10-16(20)22-18-12-6-4-8-14(18)24/h1-8,11-12H,9-10H2/b2-1+. The monoisotopic (exact) mass is 362 g/mol. The highest BCUT2D eigenvalue weighted by Crippen LogP contribution is 1.96. The molecule has 0 fully saturated rings. The largest absolute Gasteiger partial charge is 0.336 e. The first-order valence-electron chi connectivity index (χ1n) is 6.99. The van der Waals surface area contributed by atoms with Gasteiger partial charge in [-0.2, -0.15) is 9.46 Å². The highest BCUT2D eigenvalue weighted by atomic mass is 32.1. The molecule has 0 aliphatic heterocycles. The second-order valence-electron chi connectivity index (χ2n) is 4.54. The van der Waals surface area contributed by atoms with E-state index in [1.165, 1.54) is 21.6 Å². The number of hydrogen-bond acceptors (Lipinski definition) is 6. The fraction of sp³-hybridized carbons (Fsp3) is 0.125. The van der Waals surface area contributed by atoms with Crippen LogP contribution in [0.2, 0.25) is 0 Å². The Morgan fingerprint density at radius 1 is 0.833 bits per heavy atom. The van der Waals surface area contributed by atoms with E-state index in [1.807, 2.05) is 0 Å². The molecule has 124 valence electrons. The predicted octanol–water partition coefficient (Wildman–Crippen LogP) is 2.70. The van der Waals surface area contributed by atoms with Crippen molar-refractivity contribution in [1.29, 1.82) is 0 Å². The van der Waals surface area contributed by atoms with E-state index in [0.29, 0.717) is 9.28 Å². The maximum Gasteiger partial charge on any atom is 0.336 e. The summed E-state index contributed by atoms with van der Waals surface area (Å²) in [5.41, 5.74) is 0. The van der Waals surface area contributed by atoms with Crippen molar-refractivity contribution in [2.24, 2.45) is 0 Å². The van der Waals surface area contributed by atoms with Crippen LogP contribution in [0.3, 0.4) is 0 Å². The molecule has 0 aromatic carbocycles. The summed E-state index contributed by atoms with van der Waals surface area (Å²) in [5, 5.41) is 0. The zero-order chi connectivity index (χ0) is 17.4. The molecule has 6 nitrogen and oxygen atoms in total. The van der Waals surface area contributed by atoms with E-state index in [9.17, 15) is 9.59 Å². The van der Waals surface area contributed by atoms with Gasteiger partial charge in [-0.15, -0.1) is 0 Å². The molecule has 0 saturated heterocycles. The van der Waals surface area contributed by atoms with Crippen LogP contribution in [0, 0.1) is 9.28 Å². The molecule has 0 bridgehead atoms. The van der Waals surface area contributed by atoms with Crippen molar-refractivity contribution >= 4 is 36.4 Å². The second-order valence-corrected chi connectivity index (χ2v) is 5.37. The van der Waals surface area contributed by atoms with Crippen LogP contribution >= 0.6 is 24.4 Å². The summed E-state index contributed by atoms with van der Waals surface area (Å²) in [6.07, 6.45) is 6.17. The summed E-state index contributed by atoms with van der Waals surface area (Å²) in [6, 6.07) is 10.2. The van der Waals surface area contributed by atoms with Gasteiger partial charge in [-0.3, -0.25) is 0 Å². The number of carbonyl (C=O) groups excluding carboxylic acids is 2. The quantitative estimate of drug-likeness (QED) is 0.582. The molecule has 2 heterocycles. The Hall–Kier alpha value is -2.58. The highest BCUT2D eigenvalue weighted by Gasteiger charge is 2.04. The molecule has 0 amide bonds. The van der Waals surface area contributed by atoms with Gasteiger partial charge >= 0.3 is 11.9 Å². The van der Waals surface area contributed by atoms with Crippen LogP contribution in [0.25, 0.3) is 0 Å². The average molecular weight is 362 g/mol. The van der Waals surface area contributed by atoms with Crippen molar-refractivity contribution in [3.63, 3.8) is 0 Å². The van der Waals surface area contributed by atoms with Gasteiger partial charge in [-0.1, -0.05) is 48.7 Å². The molecule has 0 aliphatic carbocycles. The molecule has 0 N–H and O–H groups in total. The molecule has 0 aliphatic rings. The Morgan fingerprint density at radius 3 is 1.62 bits per heavy atom. The van der Waals surface area contributed by atoms with Crippen LogP contribution in [-0.4, -0.2) is 21.4 Å². The fourth-order valence-corrected chi connectivity index (χ4v) is 1.98. The molecular weight excluding hydrogens is 348 g/mol. The van der Waals surface area contributed by atoms with Crippen molar-refractivity contribution in [2.75, 3.05) is 0 Å². The number of nitrogens with zero attached hydrogens (tertiary/aromatic N) is 2. The van der Waals surface area contributed by atoms with Crippen LogP contribution in [-0.2, 0) is 9.59 Å². The molecule has 2 aromatic heterocycles. The lowest BCUT2D eigenvalue weighted by atomic mass is 10.3. The topological polar surface area (TPSA) is 62.5 Å². The summed E-state index contributed by atoms with van der Waals surface area (Å²) in [4.78, 5) is 33.4. The van der Waals surface area contributed by atoms with E-state index < -0.39 is 11.9 Å². The predicted molar refractivity (Wildman–Crippen MR) is 92.1 cm³/mol. The molecule has 0 radical (unpaired) electrons. The van der Waals surface area contributed by atoms with E-state index in [2.05, 4.69) is 0 Å². The zero-order valence-electron chi connectivity index (χ0n) is 12.5. The minimum Gasteiger partial charge on any atom is -0.335 e. The number of pyridine rings is 2. The smallest absolute Gasteiger partial charge is 0.335 e. The number of rotatable bonds is 6. The van der Waals surface area contributed by atoms with Gasteiger partial charge in [0.05, 0.1) is 12.8 Å². The SMILES string of the molecule is O=C(C/C=C/CC(=O)On1ccccc1=S)On1ccccc1=S. The first-order valence-corrected chi connectivity index (χ1v) is 7.80. The molecular formula is C16H14N2O4S2. The maximum atomic E-state index is 11.7. The van der Waals surface area contributed by atoms with Gasteiger partial charge in [0.1, 0.15) is 9.28 Å². The van der Waals surface area contributed by atoms with Gasteiger partial charge in [-0.05, 0) is 24.3 Å². The molecule has 0 spiro atoms. The lowest BCUT2D eigenvalue weighted by Crippen LogP contribution is -2.20. The fourth-order valence-electron chi connectivity index (χ4n) is 1.63. The van der Waals surface area contributed by atoms with E-state index in [-0.39, 0.29) is 12.8 Å².